The van der Waals surface area contributed by atoms with Crippen LogP contribution >= 0.6 is 22.7 Å². The van der Waals surface area contributed by atoms with Gasteiger partial charge in [0.15, 0.2) is 4.96 Å². The molecule has 0 unspecified atom stereocenters. The normalized spacial score (nSPS) is 15.9. The zero-order chi connectivity index (χ0) is 15.3. The minimum atomic E-state index is 0.0372. The number of nitrogens with zero attached hydrogens (tertiary/aromatic N) is 4. The first-order chi connectivity index (χ1) is 10.6. The molecule has 1 fully saturated rings. The first-order valence-electron chi connectivity index (χ1n) is 7.03. The molecule has 3 aromatic heterocycles. The second-order valence-corrected chi connectivity index (χ2v) is 7.17. The molecule has 0 saturated carbocycles. The number of imidazole rings is 1. The van der Waals surface area contributed by atoms with Crippen molar-refractivity contribution in [3.05, 3.63) is 22.5 Å². The predicted octanol–water partition coefficient (Wildman–Crippen LogP) is 1.91. The van der Waals surface area contributed by atoms with Crippen LogP contribution in [0.1, 0.15) is 16.6 Å². The lowest BCUT2D eigenvalue weighted by Crippen LogP contribution is -2.49. The van der Waals surface area contributed by atoms with Crippen molar-refractivity contribution in [3.8, 4) is 0 Å². The summed E-state index contributed by atoms with van der Waals surface area (Å²) in [5.74, 6) is 0.109. The van der Waals surface area contributed by atoms with E-state index in [2.05, 4.69) is 4.98 Å². The Morgan fingerprint density at radius 1 is 1.18 bits per heavy atom. The number of fused-ring (bicyclic) bond motifs is 3. The summed E-state index contributed by atoms with van der Waals surface area (Å²) in [5.41, 5.74) is 0.993. The zero-order valence-corrected chi connectivity index (χ0v) is 13.6. The summed E-state index contributed by atoms with van der Waals surface area (Å²) in [7, 11) is 0. The molecule has 2 amide bonds. The van der Waals surface area contributed by atoms with Gasteiger partial charge in [-0.3, -0.25) is 14.0 Å². The van der Waals surface area contributed by atoms with Crippen molar-refractivity contribution in [1.82, 2.24) is 19.2 Å². The van der Waals surface area contributed by atoms with Gasteiger partial charge in [-0.1, -0.05) is 0 Å². The van der Waals surface area contributed by atoms with Crippen LogP contribution in [0.15, 0.2) is 17.6 Å². The van der Waals surface area contributed by atoms with Crippen LogP contribution < -0.4 is 0 Å². The first kappa shape index (κ1) is 13.7. The number of rotatable bonds is 1. The van der Waals surface area contributed by atoms with Crippen molar-refractivity contribution in [2.24, 2.45) is 0 Å². The van der Waals surface area contributed by atoms with Crippen molar-refractivity contribution in [1.29, 1.82) is 0 Å². The van der Waals surface area contributed by atoms with Crippen LogP contribution in [0.3, 0.4) is 0 Å². The van der Waals surface area contributed by atoms with Gasteiger partial charge in [-0.05, 0) is 6.07 Å². The van der Waals surface area contributed by atoms with Crippen LogP contribution in [0.2, 0.25) is 0 Å². The van der Waals surface area contributed by atoms with Gasteiger partial charge in [0.25, 0.3) is 5.91 Å². The number of hydrogen-bond acceptors (Lipinski definition) is 5. The van der Waals surface area contributed by atoms with Crippen LogP contribution in [-0.2, 0) is 4.79 Å². The summed E-state index contributed by atoms with van der Waals surface area (Å²) < 4.78 is 2.01. The molecule has 0 N–H and O–H groups in total. The minimum Gasteiger partial charge on any atom is -0.339 e. The summed E-state index contributed by atoms with van der Waals surface area (Å²) in [5, 5.41) is 1.99. The number of hydrogen-bond donors (Lipinski definition) is 0. The lowest BCUT2D eigenvalue weighted by molar-refractivity contribution is -0.130. The zero-order valence-electron chi connectivity index (χ0n) is 12.0. The molecule has 1 aliphatic heterocycles. The Labute approximate surface area is 134 Å². The molecule has 4 rings (SSSR count). The molecule has 0 bridgehead atoms. The first-order valence-corrected chi connectivity index (χ1v) is 8.73. The van der Waals surface area contributed by atoms with E-state index in [1.165, 1.54) is 11.3 Å². The van der Waals surface area contributed by atoms with Gasteiger partial charge in [-0.2, -0.15) is 0 Å². The van der Waals surface area contributed by atoms with Crippen LogP contribution in [0, 0.1) is 0 Å². The molecule has 114 valence electrons. The fourth-order valence-corrected chi connectivity index (χ4v) is 4.50. The van der Waals surface area contributed by atoms with Gasteiger partial charge in [0, 0.05) is 44.7 Å². The van der Waals surface area contributed by atoms with Gasteiger partial charge in [0.2, 0.25) is 5.91 Å². The van der Waals surface area contributed by atoms with E-state index in [1.807, 2.05) is 26.9 Å². The van der Waals surface area contributed by atoms with Gasteiger partial charge >= 0.3 is 0 Å². The molecular weight excluding hydrogens is 320 g/mol. The molecule has 0 atom stereocenters. The maximum atomic E-state index is 12.6. The molecule has 4 heterocycles. The van der Waals surface area contributed by atoms with Crippen LogP contribution in [0.5, 0.6) is 0 Å². The molecule has 0 aromatic carbocycles. The van der Waals surface area contributed by atoms with E-state index in [0.29, 0.717) is 26.2 Å². The fourth-order valence-electron chi connectivity index (χ4n) is 2.73. The SMILES string of the molecule is CC(=O)N1CCN(C(=O)c2cc3c(nc4sccn43)s2)CC1. The van der Waals surface area contributed by atoms with E-state index in [1.54, 1.807) is 23.2 Å². The average molecular weight is 334 g/mol. The number of carbonyl (C=O) groups is 2. The largest absolute Gasteiger partial charge is 0.339 e. The molecule has 1 saturated heterocycles. The predicted molar refractivity (Wildman–Crippen MR) is 86.6 cm³/mol. The highest BCUT2D eigenvalue weighted by Crippen LogP contribution is 2.29. The quantitative estimate of drug-likeness (QED) is 0.683. The highest BCUT2D eigenvalue weighted by Gasteiger charge is 2.25. The summed E-state index contributed by atoms with van der Waals surface area (Å²) in [6.07, 6.45) is 1.97. The molecule has 1 aliphatic rings. The topological polar surface area (TPSA) is 57.9 Å². The van der Waals surface area contributed by atoms with Crippen molar-refractivity contribution >= 4 is 49.8 Å². The monoisotopic (exact) mass is 334 g/mol. The summed E-state index contributed by atoms with van der Waals surface area (Å²) >= 11 is 3.03. The minimum absolute atomic E-state index is 0.0372. The molecule has 0 spiro atoms. The Kier molecular flexibility index (Phi) is 3.16. The molecule has 22 heavy (non-hydrogen) atoms. The summed E-state index contributed by atoms with van der Waals surface area (Å²) in [4.78, 5) is 34.7. The Hall–Kier alpha value is -1.93. The second kappa shape index (κ2) is 5.06. The lowest BCUT2D eigenvalue weighted by Gasteiger charge is -2.33. The van der Waals surface area contributed by atoms with Crippen LogP contribution in [0.4, 0.5) is 0 Å². The van der Waals surface area contributed by atoms with Crippen LogP contribution in [-0.4, -0.2) is 57.2 Å². The van der Waals surface area contributed by atoms with E-state index in [0.717, 1.165) is 20.2 Å². The van der Waals surface area contributed by atoms with E-state index < -0.39 is 0 Å². The van der Waals surface area contributed by atoms with Crippen molar-refractivity contribution in [2.75, 3.05) is 26.2 Å². The average Bonchev–Trinajstić information content (AvgIpc) is 3.18. The molecule has 0 radical (unpaired) electrons. The highest BCUT2D eigenvalue weighted by molar-refractivity contribution is 7.21. The van der Waals surface area contributed by atoms with Gasteiger partial charge < -0.3 is 9.80 Å². The molecule has 6 nitrogen and oxygen atoms in total. The summed E-state index contributed by atoms with van der Waals surface area (Å²) in [6.45, 7) is 3.97. The number of amides is 2. The van der Waals surface area contributed by atoms with E-state index >= 15 is 0 Å². The fraction of sp³-hybridized carbons (Fsp3) is 0.357. The van der Waals surface area contributed by atoms with E-state index in [9.17, 15) is 9.59 Å². The maximum Gasteiger partial charge on any atom is 0.264 e. The van der Waals surface area contributed by atoms with Crippen molar-refractivity contribution in [3.63, 3.8) is 0 Å². The summed E-state index contributed by atoms with van der Waals surface area (Å²) in [6, 6.07) is 1.92. The third-order valence-corrected chi connectivity index (χ3v) is 5.73. The van der Waals surface area contributed by atoms with Crippen molar-refractivity contribution < 1.29 is 9.59 Å². The van der Waals surface area contributed by atoms with Gasteiger partial charge in [-0.15, -0.1) is 22.7 Å². The standard InChI is InChI=1S/C14H14N4O2S2/c1-9(19)16-2-4-17(5-3-16)13(20)11-8-10-12(22-11)15-14-18(10)6-7-21-14/h6-8H,2-5H2,1H3. The van der Waals surface area contributed by atoms with E-state index in [-0.39, 0.29) is 11.8 Å². The second-order valence-electron chi connectivity index (χ2n) is 5.27. The number of thiophene rings is 1. The maximum absolute atomic E-state index is 12.6. The molecule has 3 aromatic rings. The Morgan fingerprint density at radius 3 is 2.64 bits per heavy atom. The Bertz CT molecular complexity index is 870. The third kappa shape index (κ3) is 2.10. The van der Waals surface area contributed by atoms with Gasteiger partial charge in [-0.25, -0.2) is 4.98 Å². The lowest BCUT2D eigenvalue weighted by atomic mass is 10.3. The number of thiazole rings is 1. The Morgan fingerprint density at radius 2 is 1.91 bits per heavy atom. The van der Waals surface area contributed by atoms with Gasteiger partial charge in [0.1, 0.15) is 4.83 Å². The number of aromatic nitrogens is 2. The Balaban J connectivity index is 1.57. The van der Waals surface area contributed by atoms with Crippen molar-refractivity contribution in [2.45, 2.75) is 6.92 Å². The number of piperazine rings is 1. The van der Waals surface area contributed by atoms with Crippen LogP contribution in [0.25, 0.3) is 15.3 Å². The van der Waals surface area contributed by atoms with E-state index in [4.69, 9.17) is 0 Å². The molecular formula is C14H14N4O2S2. The molecule has 0 aliphatic carbocycles. The number of carbonyl (C=O) groups excluding carboxylic acids is 2. The van der Waals surface area contributed by atoms with Gasteiger partial charge in [0.05, 0.1) is 10.4 Å². The smallest absolute Gasteiger partial charge is 0.264 e. The third-order valence-electron chi connectivity index (χ3n) is 3.96. The molecule has 8 heteroatoms. The highest BCUT2D eigenvalue weighted by atomic mass is 32.1.